The molecule has 3 heteroatoms. The van der Waals surface area contributed by atoms with Crippen molar-refractivity contribution in [2.24, 2.45) is 5.92 Å². The number of rotatable bonds is 5. The number of ether oxygens (including phenoxy) is 1. The van der Waals surface area contributed by atoms with Gasteiger partial charge in [0, 0.05) is 19.3 Å². The third kappa shape index (κ3) is 4.43. The topological polar surface area (TPSA) is 24.5 Å². The van der Waals surface area contributed by atoms with Crippen molar-refractivity contribution < 1.29 is 4.74 Å². The van der Waals surface area contributed by atoms with E-state index in [2.05, 4.69) is 55.4 Å². The standard InChI is InChI=1S/C16H26N2O/c1-13(2)19-16-8-6-15(7-9-16)18(3)12-14-5-4-10-17-11-14/h6-9,13-14,17H,4-5,10-12H2,1-3H3. The minimum absolute atomic E-state index is 0.233. The van der Waals surface area contributed by atoms with Gasteiger partial charge in [-0.15, -0.1) is 0 Å². The Morgan fingerprint density at radius 3 is 2.63 bits per heavy atom. The van der Waals surface area contributed by atoms with Crippen molar-refractivity contribution in [3.63, 3.8) is 0 Å². The SMILES string of the molecule is CC(C)Oc1ccc(N(C)CC2CCCNC2)cc1. The molecule has 3 nitrogen and oxygen atoms in total. The van der Waals surface area contributed by atoms with Crippen LogP contribution >= 0.6 is 0 Å². The predicted molar refractivity (Wildman–Crippen MR) is 81.1 cm³/mol. The van der Waals surface area contributed by atoms with Gasteiger partial charge in [-0.3, -0.25) is 0 Å². The van der Waals surface area contributed by atoms with Gasteiger partial charge < -0.3 is 15.0 Å². The number of piperidine rings is 1. The molecule has 106 valence electrons. The summed E-state index contributed by atoms with van der Waals surface area (Å²) in [6.45, 7) is 7.56. The molecule has 1 fully saturated rings. The summed E-state index contributed by atoms with van der Waals surface area (Å²) < 4.78 is 5.67. The van der Waals surface area contributed by atoms with Crippen LogP contribution in [0.3, 0.4) is 0 Å². The molecule has 0 spiro atoms. The molecule has 19 heavy (non-hydrogen) atoms. The third-order valence-electron chi connectivity index (χ3n) is 3.58. The van der Waals surface area contributed by atoms with E-state index in [4.69, 9.17) is 4.74 Å². The average Bonchev–Trinajstić information content (AvgIpc) is 2.40. The summed E-state index contributed by atoms with van der Waals surface area (Å²) in [6.07, 6.45) is 2.88. The first-order valence-electron chi connectivity index (χ1n) is 7.33. The first kappa shape index (κ1) is 14.2. The Hall–Kier alpha value is -1.22. The zero-order valence-corrected chi connectivity index (χ0v) is 12.4. The number of nitrogens with zero attached hydrogens (tertiary/aromatic N) is 1. The molecular weight excluding hydrogens is 236 g/mol. The lowest BCUT2D eigenvalue weighted by Crippen LogP contribution is -2.36. The van der Waals surface area contributed by atoms with Crippen LogP contribution in [0.1, 0.15) is 26.7 Å². The molecular formula is C16H26N2O. The number of benzene rings is 1. The fourth-order valence-corrected chi connectivity index (χ4v) is 2.62. The number of hydrogen-bond acceptors (Lipinski definition) is 3. The molecule has 2 rings (SSSR count). The molecule has 0 radical (unpaired) electrons. The average molecular weight is 262 g/mol. The van der Waals surface area contributed by atoms with E-state index in [1.165, 1.54) is 25.1 Å². The van der Waals surface area contributed by atoms with E-state index in [9.17, 15) is 0 Å². The van der Waals surface area contributed by atoms with E-state index in [-0.39, 0.29) is 6.10 Å². The summed E-state index contributed by atoms with van der Waals surface area (Å²) in [5, 5.41) is 3.48. The first-order valence-corrected chi connectivity index (χ1v) is 7.33. The summed E-state index contributed by atoms with van der Waals surface area (Å²) in [7, 11) is 2.17. The van der Waals surface area contributed by atoms with E-state index in [0.29, 0.717) is 0 Å². The van der Waals surface area contributed by atoms with Gasteiger partial charge in [0.25, 0.3) is 0 Å². The van der Waals surface area contributed by atoms with Crippen molar-refractivity contribution in [2.75, 3.05) is 31.6 Å². The smallest absolute Gasteiger partial charge is 0.119 e. The van der Waals surface area contributed by atoms with Crippen LogP contribution < -0.4 is 15.0 Å². The summed E-state index contributed by atoms with van der Waals surface area (Å²) in [4.78, 5) is 2.34. The molecule has 1 unspecified atom stereocenters. The zero-order valence-electron chi connectivity index (χ0n) is 12.4. The van der Waals surface area contributed by atoms with Gasteiger partial charge in [0.1, 0.15) is 5.75 Å². The van der Waals surface area contributed by atoms with Crippen molar-refractivity contribution in [3.8, 4) is 5.75 Å². The highest BCUT2D eigenvalue weighted by Gasteiger charge is 2.15. The molecule has 1 aliphatic rings. The summed E-state index contributed by atoms with van der Waals surface area (Å²) in [6, 6.07) is 8.41. The second kappa shape index (κ2) is 6.80. The second-order valence-electron chi connectivity index (χ2n) is 5.75. The Kier molecular flexibility index (Phi) is 5.08. The summed E-state index contributed by atoms with van der Waals surface area (Å²) in [5.74, 6) is 1.72. The molecule has 0 aliphatic carbocycles. The Morgan fingerprint density at radius 2 is 2.05 bits per heavy atom. The van der Waals surface area contributed by atoms with Crippen molar-refractivity contribution in [3.05, 3.63) is 24.3 Å². The van der Waals surface area contributed by atoms with E-state index in [1.807, 2.05) is 0 Å². The van der Waals surface area contributed by atoms with Gasteiger partial charge in [-0.25, -0.2) is 0 Å². The molecule has 1 heterocycles. The molecule has 1 saturated heterocycles. The highest BCUT2D eigenvalue weighted by molar-refractivity contribution is 5.48. The molecule has 1 aromatic carbocycles. The van der Waals surface area contributed by atoms with Crippen molar-refractivity contribution in [2.45, 2.75) is 32.8 Å². The van der Waals surface area contributed by atoms with Gasteiger partial charge >= 0.3 is 0 Å². The van der Waals surface area contributed by atoms with Crippen LogP contribution in [0.5, 0.6) is 5.75 Å². The van der Waals surface area contributed by atoms with Crippen LogP contribution in [0, 0.1) is 5.92 Å². The lowest BCUT2D eigenvalue weighted by atomic mass is 9.99. The van der Waals surface area contributed by atoms with Gasteiger partial charge in [0.15, 0.2) is 0 Å². The van der Waals surface area contributed by atoms with E-state index >= 15 is 0 Å². The normalized spacial score (nSPS) is 19.5. The number of hydrogen-bond donors (Lipinski definition) is 1. The zero-order chi connectivity index (χ0) is 13.7. The lowest BCUT2D eigenvalue weighted by molar-refractivity contribution is 0.242. The van der Waals surface area contributed by atoms with E-state index < -0.39 is 0 Å². The van der Waals surface area contributed by atoms with E-state index in [0.717, 1.165) is 24.8 Å². The molecule has 1 atom stereocenters. The summed E-state index contributed by atoms with van der Waals surface area (Å²) in [5.41, 5.74) is 1.27. The molecule has 0 bridgehead atoms. The quantitative estimate of drug-likeness (QED) is 0.883. The minimum Gasteiger partial charge on any atom is -0.491 e. The van der Waals surface area contributed by atoms with Crippen LogP contribution in [0.15, 0.2) is 24.3 Å². The maximum atomic E-state index is 5.67. The van der Waals surface area contributed by atoms with Crippen LogP contribution in [-0.4, -0.2) is 32.8 Å². The first-order chi connectivity index (χ1) is 9.15. The fourth-order valence-electron chi connectivity index (χ4n) is 2.62. The molecule has 1 aromatic rings. The number of nitrogens with one attached hydrogen (secondary N) is 1. The Balaban J connectivity index is 1.89. The minimum atomic E-state index is 0.233. The van der Waals surface area contributed by atoms with Crippen molar-refractivity contribution in [1.82, 2.24) is 5.32 Å². The van der Waals surface area contributed by atoms with Crippen LogP contribution in [0.4, 0.5) is 5.69 Å². The monoisotopic (exact) mass is 262 g/mol. The van der Waals surface area contributed by atoms with Crippen molar-refractivity contribution in [1.29, 1.82) is 0 Å². The maximum Gasteiger partial charge on any atom is 0.119 e. The molecule has 0 saturated carbocycles. The molecule has 1 N–H and O–H groups in total. The highest BCUT2D eigenvalue weighted by atomic mass is 16.5. The maximum absolute atomic E-state index is 5.67. The fraction of sp³-hybridized carbons (Fsp3) is 0.625. The summed E-state index contributed by atoms with van der Waals surface area (Å²) >= 11 is 0. The van der Waals surface area contributed by atoms with Crippen LogP contribution in [0.2, 0.25) is 0 Å². The Morgan fingerprint density at radius 1 is 1.32 bits per heavy atom. The van der Waals surface area contributed by atoms with Gasteiger partial charge in [0.05, 0.1) is 6.10 Å². The lowest BCUT2D eigenvalue weighted by Gasteiger charge is -2.29. The van der Waals surface area contributed by atoms with Crippen LogP contribution in [0.25, 0.3) is 0 Å². The molecule has 0 amide bonds. The van der Waals surface area contributed by atoms with Gasteiger partial charge in [-0.05, 0) is 70.0 Å². The Bertz CT molecular complexity index is 369. The second-order valence-corrected chi connectivity index (χ2v) is 5.75. The van der Waals surface area contributed by atoms with Gasteiger partial charge in [-0.2, -0.15) is 0 Å². The van der Waals surface area contributed by atoms with Gasteiger partial charge in [-0.1, -0.05) is 0 Å². The molecule has 0 aromatic heterocycles. The molecule has 1 aliphatic heterocycles. The highest BCUT2D eigenvalue weighted by Crippen LogP contribution is 2.21. The number of anilines is 1. The largest absolute Gasteiger partial charge is 0.491 e. The third-order valence-corrected chi connectivity index (χ3v) is 3.58. The van der Waals surface area contributed by atoms with E-state index in [1.54, 1.807) is 0 Å². The van der Waals surface area contributed by atoms with Crippen LogP contribution in [-0.2, 0) is 0 Å². The van der Waals surface area contributed by atoms with Crippen molar-refractivity contribution >= 4 is 5.69 Å². The Labute approximate surface area is 116 Å². The predicted octanol–water partition coefficient (Wildman–Crippen LogP) is 2.91. The van der Waals surface area contributed by atoms with Gasteiger partial charge in [0.2, 0.25) is 0 Å².